The number of carbonyl (C=O) groups is 1. The summed E-state index contributed by atoms with van der Waals surface area (Å²) in [6.07, 6.45) is 6.64. The zero-order valence-corrected chi connectivity index (χ0v) is 11.2. The fraction of sp³-hybridized carbons (Fsp3) is 0. The first-order chi connectivity index (χ1) is 9.33. The van der Waals surface area contributed by atoms with Crippen molar-refractivity contribution in [3.8, 4) is 10.6 Å². The zero-order valence-electron chi connectivity index (χ0n) is 9.61. The van der Waals surface area contributed by atoms with Crippen LogP contribution in [0.2, 0.25) is 0 Å². The summed E-state index contributed by atoms with van der Waals surface area (Å²) in [5.41, 5.74) is 0.904. The lowest BCUT2D eigenvalue weighted by atomic mass is 10.3. The van der Waals surface area contributed by atoms with Crippen LogP contribution in [0.3, 0.4) is 0 Å². The third-order valence-corrected chi connectivity index (χ3v) is 4.02. The molecule has 1 N–H and O–H groups in total. The molecule has 3 heterocycles. The molecule has 3 rings (SSSR count). The van der Waals surface area contributed by atoms with E-state index in [1.165, 1.54) is 22.7 Å². The fourth-order valence-corrected chi connectivity index (χ4v) is 2.77. The molecule has 0 radical (unpaired) electrons. The van der Waals surface area contributed by atoms with Crippen molar-refractivity contribution in [3.63, 3.8) is 0 Å². The second-order valence-electron chi connectivity index (χ2n) is 3.56. The lowest BCUT2D eigenvalue weighted by Crippen LogP contribution is -2.09. The highest BCUT2D eigenvalue weighted by molar-refractivity contribution is 7.17. The summed E-state index contributed by atoms with van der Waals surface area (Å²) in [4.78, 5) is 24.8. The van der Waals surface area contributed by atoms with E-state index in [2.05, 4.69) is 20.3 Å². The molecule has 5 nitrogen and oxygen atoms in total. The Labute approximate surface area is 117 Å². The summed E-state index contributed by atoms with van der Waals surface area (Å²) in [6, 6.07) is 3.75. The third kappa shape index (κ3) is 2.67. The molecule has 0 saturated carbocycles. The maximum absolute atomic E-state index is 12.0. The van der Waals surface area contributed by atoms with Crippen LogP contribution in [0.1, 0.15) is 9.67 Å². The Hall–Kier alpha value is -2.12. The first-order valence-corrected chi connectivity index (χ1v) is 7.09. The van der Waals surface area contributed by atoms with E-state index in [1.54, 1.807) is 24.8 Å². The van der Waals surface area contributed by atoms with Gasteiger partial charge in [-0.05, 0) is 12.1 Å². The van der Waals surface area contributed by atoms with Crippen molar-refractivity contribution in [2.45, 2.75) is 0 Å². The molecule has 94 valence electrons. The van der Waals surface area contributed by atoms with Gasteiger partial charge in [0.05, 0.1) is 6.20 Å². The quantitative estimate of drug-likeness (QED) is 0.804. The number of hydrogen-bond donors (Lipinski definition) is 1. The van der Waals surface area contributed by atoms with Crippen molar-refractivity contribution >= 4 is 33.7 Å². The van der Waals surface area contributed by atoms with Crippen LogP contribution in [0.4, 0.5) is 5.13 Å². The second-order valence-corrected chi connectivity index (χ2v) is 5.49. The molecule has 19 heavy (non-hydrogen) atoms. The van der Waals surface area contributed by atoms with Crippen LogP contribution in [-0.2, 0) is 0 Å². The van der Waals surface area contributed by atoms with Gasteiger partial charge in [-0.25, -0.2) is 9.97 Å². The van der Waals surface area contributed by atoms with Gasteiger partial charge < -0.3 is 0 Å². The van der Waals surface area contributed by atoms with E-state index in [1.807, 2.05) is 17.5 Å². The van der Waals surface area contributed by atoms with E-state index in [4.69, 9.17) is 0 Å². The summed E-state index contributed by atoms with van der Waals surface area (Å²) in [5.74, 6) is -0.192. The average Bonchev–Trinajstić information content (AvgIpc) is 3.10. The molecule has 0 aromatic carbocycles. The Morgan fingerprint density at radius 1 is 1.21 bits per heavy atom. The molecule has 0 atom stereocenters. The lowest BCUT2D eigenvalue weighted by Gasteiger charge is -1.96. The van der Waals surface area contributed by atoms with Crippen molar-refractivity contribution in [1.82, 2.24) is 15.0 Å². The maximum atomic E-state index is 12.0. The van der Waals surface area contributed by atoms with Crippen molar-refractivity contribution in [3.05, 3.63) is 47.2 Å². The van der Waals surface area contributed by atoms with Gasteiger partial charge in [-0.15, -0.1) is 22.7 Å². The molecule has 0 spiro atoms. The molecule has 0 aliphatic rings. The average molecular weight is 288 g/mol. The van der Waals surface area contributed by atoms with Crippen LogP contribution in [0, 0.1) is 0 Å². The SMILES string of the molecule is O=C(Nc1nccs1)c1cnc(-c2cccnc2)s1. The van der Waals surface area contributed by atoms with Gasteiger partial charge in [-0.3, -0.25) is 15.1 Å². The first kappa shape index (κ1) is 11.9. The molecule has 0 aliphatic heterocycles. The van der Waals surface area contributed by atoms with Crippen LogP contribution in [-0.4, -0.2) is 20.9 Å². The standard InChI is InChI=1S/C12H8N4OS2/c17-10(16-12-14-4-5-18-12)9-7-15-11(19-9)8-2-1-3-13-6-8/h1-7H,(H,14,16,17). The monoisotopic (exact) mass is 288 g/mol. The summed E-state index contributed by atoms with van der Waals surface area (Å²) in [7, 11) is 0. The summed E-state index contributed by atoms with van der Waals surface area (Å²) in [5, 5.41) is 5.90. The summed E-state index contributed by atoms with van der Waals surface area (Å²) in [6.45, 7) is 0. The first-order valence-electron chi connectivity index (χ1n) is 5.40. The predicted molar refractivity (Wildman–Crippen MR) is 75.4 cm³/mol. The molecule has 3 aromatic rings. The highest BCUT2D eigenvalue weighted by Crippen LogP contribution is 2.25. The Morgan fingerprint density at radius 2 is 2.16 bits per heavy atom. The Balaban J connectivity index is 1.80. The van der Waals surface area contributed by atoms with Gasteiger partial charge in [0.1, 0.15) is 9.88 Å². The second kappa shape index (κ2) is 5.25. The van der Waals surface area contributed by atoms with Crippen molar-refractivity contribution in [2.75, 3.05) is 5.32 Å². The number of pyridine rings is 1. The molecule has 0 bridgehead atoms. The summed E-state index contributed by atoms with van der Waals surface area (Å²) >= 11 is 2.71. The van der Waals surface area contributed by atoms with E-state index in [-0.39, 0.29) is 5.91 Å². The molecule has 0 aliphatic carbocycles. The number of nitrogens with one attached hydrogen (secondary N) is 1. The van der Waals surface area contributed by atoms with Gasteiger partial charge in [0.2, 0.25) is 0 Å². The number of rotatable bonds is 3. The minimum Gasteiger partial charge on any atom is -0.297 e. The largest absolute Gasteiger partial charge is 0.297 e. The predicted octanol–water partition coefficient (Wildman–Crippen LogP) is 2.91. The number of thiazole rings is 2. The number of hydrogen-bond acceptors (Lipinski definition) is 6. The topological polar surface area (TPSA) is 67.8 Å². The Bertz CT molecular complexity index is 679. The number of anilines is 1. The minimum absolute atomic E-state index is 0.192. The van der Waals surface area contributed by atoms with E-state index < -0.39 is 0 Å². The van der Waals surface area contributed by atoms with Crippen LogP contribution >= 0.6 is 22.7 Å². The van der Waals surface area contributed by atoms with Gasteiger partial charge >= 0.3 is 0 Å². The number of aromatic nitrogens is 3. The molecule has 0 fully saturated rings. The van der Waals surface area contributed by atoms with Crippen LogP contribution < -0.4 is 5.32 Å². The smallest absolute Gasteiger partial charge is 0.269 e. The zero-order chi connectivity index (χ0) is 13.1. The number of amides is 1. The van der Waals surface area contributed by atoms with Gasteiger partial charge in [-0.2, -0.15) is 0 Å². The Kier molecular flexibility index (Phi) is 3.30. The van der Waals surface area contributed by atoms with Crippen molar-refractivity contribution in [1.29, 1.82) is 0 Å². The van der Waals surface area contributed by atoms with Gasteiger partial charge in [0.25, 0.3) is 5.91 Å². The fourth-order valence-electron chi connectivity index (χ4n) is 1.45. The normalized spacial score (nSPS) is 10.3. The van der Waals surface area contributed by atoms with Crippen molar-refractivity contribution < 1.29 is 4.79 Å². The number of carbonyl (C=O) groups excluding carboxylic acids is 1. The molecule has 0 unspecified atom stereocenters. The number of nitrogens with zero attached hydrogens (tertiary/aromatic N) is 3. The van der Waals surface area contributed by atoms with E-state index >= 15 is 0 Å². The molecule has 0 saturated heterocycles. The lowest BCUT2D eigenvalue weighted by molar-refractivity contribution is 0.103. The molecular weight excluding hydrogens is 280 g/mol. The maximum Gasteiger partial charge on any atom is 0.269 e. The van der Waals surface area contributed by atoms with Crippen molar-refractivity contribution in [2.24, 2.45) is 0 Å². The molecular formula is C12H8N4OS2. The third-order valence-electron chi connectivity index (χ3n) is 2.29. The van der Waals surface area contributed by atoms with Crippen LogP contribution in [0.5, 0.6) is 0 Å². The van der Waals surface area contributed by atoms with E-state index in [0.717, 1.165) is 10.6 Å². The molecule has 3 aromatic heterocycles. The van der Waals surface area contributed by atoms with Crippen LogP contribution in [0.15, 0.2) is 42.3 Å². The van der Waals surface area contributed by atoms with Gasteiger partial charge in [0, 0.05) is 29.5 Å². The van der Waals surface area contributed by atoms with E-state index in [0.29, 0.717) is 10.0 Å². The molecule has 7 heteroatoms. The van der Waals surface area contributed by atoms with Gasteiger partial charge in [-0.1, -0.05) is 0 Å². The van der Waals surface area contributed by atoms with Crippen LogP contribution in [0.25, 0.3) is 10.6 Å². The highest BCUT2D eigenvalue weighted by Gasteiger charge is 2.12. The minimum atomic E-state index is -0.192. The summed E-state index contributed by atoms with van der Waals surface area (Å²) < 4.78 is 0. The highest BCUT2D eigenvalue weighted by atomic mass is 32.1. The Morgan fingerprint density at radius 3 is 2.89 bits per heavy atom. The van der Waals surface area contributed by atoms with Gasteiger partial charge in [0.15, 0.2) is 5.13 Å². The van der Waals surface area contributed by atoms with E-state index in [9.17, 15) is 4.79 Å². The molecule has 1 amide bonds.